The summed E-state index contributed by atoms with van der Waals surface area (Å²) in [6, 6.07) is 0. The van der Waals surface area contributed by atoms with Gasteiger partial charge in [0.15, 0.2) is 6.10 Å². The Balaban J connectivity index is 4.27. The maximum absolute atomic E-state index is 12.9. The van der Waals surface area contributed by atoms with E-state index >= 15 is 0 Å². The van der Waals surface area contributed by atoms with E-state index < -0.39 is 6.10 Å². The van der Waals surface area contributed by atoms with Crippen LogP contribution in [0.25, 0.3) is 0 Å². The van der Waals surface area contributed by atoms with Gasteiger partial charge >= 0.3 is 17.9 Å². The van der Waals surface area contributed by atoms with Gasteiger partial charge in [0, 0.05) is 19.3 Å². The number of hydrogen-bond donors (Lipinski definition) is 0. The molecule has 0 rings (SSSR count). The van der Waals surface area contributed by atoms with Crippen LogP contribution in [-0.2, 0) is 28.6 Å². The number of esters is 3. The van der Waals surface area contributed by atoms with Crippen LogP contribution in [-0.4, -0.2) is 37.2 Å². The summed E-state index contributed by atoms with van der Waals surface area (Å²) in [4.78, 5) is 38.2. The largest absolute Gasteiger partial charge is 0.462 e. The van der Waals surface area contributed by atoms with Crippen molar-refractivity contribution >= 4 is 17.9 Å². The van der Waals surface area contributed by atoms with Gasteiger partial charge in [0.2, 0.25) is 0 Å². The fourth-order valence-corrected chi connectivity index (χ4v) is 9.46. The third-order valence-corrected chi connectivity index (χ3v) is 14.2. The molecular formula is C64H120O6. The van der Waals surface area contributed by atoms with Crippen molar-refractivity contribution in [1.29, 1.82) is 0 Å². The Morgan fingerprint density at radius 1 is 0.286 bits per heavy atom. The molecule has 0 spiro atoms. The van der Waals surface area contributed by atoms with Crippen LogP contribution in [0, 0.1) is 0 Å². The summed E-state index contributed by atoms with van der Waals surface area (Å²) < 4.78 is 16.9. The Bertz CT molecular complexity index is 1130. The Hall–Kier alpha value is -2.11. The summed E-state index contributed by atoms with van der Waals surface area (Å²) in [7, 11) is 0. The zero-order valence-electron chi connectivity index (χ0n) is 47.3. The molecule has 0 amide bonds. The lowest BCUT2D eigenvalue weighted by Gasteiger charge is -2.18. The zero-order valence-corrected chi connectivity index (χ0v) is 47.3. The van der Waals surface area contributed by atoms with Crippen molar-refractivity contribution in [2.45, 2.75) is 354 Å². The maximum Gasteiger partial charge on any atom is 0.306 e. The molecule has 0 aromatic rings. The molecule has 0 bridgehead atoms. The molecule has 1 atom stereocenters. The van der Waals surface area contributed by atoms with Crippen LogP contribution < -0.4 is 0 Å². The Morgan fingerprint density at radius 3 is 0.829 bits per heavy atom. The third kappa shape index (κ3) is 56.8. The number of unbranched alkanes of at least 4 members (excludes halogenated alkanes) is 43. The average molecular weight is 986 g/mol. The van der Waals surface area contributed by atoms with E-state index in [0.717, 1.165) is 77.0 Å². The second-order valence-electron chi connectivity index (χ2n) is 21.3. The molecule has 0 saturated carbocycles. The van der Waals surface area contributed by atoms with Crippen LogP contribution in [0.1, 0.15) is 348 Å². The van der Waals surface area contributed by atoms with E-state index in [0.29, 0.717) is 19.3 Å². The molecule has 0 aliphatic rings. The molecule has 0 aromatic carbocycles. The second-order valence-corrected chi connectivity index (χ2v) is 21.3. The van der Waals surface area contributed by atoms with E-state index in [1.807, 2.05) is 0 Å². The van der Waals surface area contributed by atoms with Crippen molar-refractivity contribution in [1.82, 2.24) is 0 Å². The van der Waals surface area contributed by atoms with E-state index in [-0.39, 0.29) is 31.1 Å². The Morgan fingerprint density at radius 2 is 0.529 bits per heavy atom. The lowest BCUT2D eigenvalue weighted by atomic mass is 10.0. The third-order valence-electron chi connectivity index (χ3n) is 14.2. The SMILES string of the molecule is CCCC/C=C\C/C=C\CCCCCCCC(=O)OCC(COC(=O)CCCCCCCCCCCCCCCCCCCCCCCC)OC(=O)CCCCCCCCCCCCCCCCCC. The van der Waals surface area contributed by atoms with Crippen molar-refractivity contribution in [3.63, 3.8) is 0 Å². The Kier molecular flexibility index (Phi) is 57.7. The predicted molar refractivity (Wildman–Crippen MR) is 303 cm³/mol. The van der Waals surface area contributed by atoms with Crippen LogP contribution in [0.4, 0.5) is 0 Å². The summed E-state index contributed by atoms with van der Waals surface area (Å²) in [5, 5.41) is 0. The van der Waals surface area contributed by atoms with E-state index in [4.69, 9.17) is 14.2 Å². The van der Waals surface area contributed by atoms with Gasteiger partial charge in [-0.3, -0.25) is 14.4 Å². The van der Waals surface area contributed by atoms with Crippen molar-refractivity contribution in [2.75, 3.05) is 13.2 Å². The molecule has 0 N–H and O–H groups in total. The summed E-state index contributed by atoms with van der Waals surface area (Å²) >= 11 is 0. The number of carbonyl (C=O) groups excluding carboxylic acids is 3. The normalized spacial score (nSPS) is 12.1. The van der Waals surface area contributed by atoms with Gasteiger partial charge in [0.1, 0.15) is 13.2 Å². The topological polar surface area (TPSA) is 78.9 Å². The molecule has 0 aromatic heterocycles. The van der Waals surface area contributed by atoms with Gasteiger partial charge in [-0.1, -0.05) is 308 Å². The number of allylic oxidation sites excluding steroid dienone is 4. The first-order valence-corrected chi connectivity index (χ1v) is 31.3. The van der Waals surface area contributed by atoms with E-state index in [2.05, 4.69) is 45.1 Å². The van der Waals surface area contributed by atoms with Gasteiger partial charge in [-0.05, 0) is 44.9 Å². The van der Waals surface area contributed by atoms with E-state index in [1.54, 1.807) is 0 Å². The molecule has 1 unspecified atom stereocenters. The predicted octanol–water partition coefficient (Wildman–Crippen LogP) is 21.1. The highest BCUT2D eigenvalue weighted by molar-refractivity contribution is 5.71. The van der Waals surface area contributed by atoms with Crippen molar-refractivity contribution in [3.05, 3.63) is 24.3 Å². The van der Waals surface area contributed by atoms with Gasteiger partial charge in [0.05, 0.1) is 0 Å². The summed E-state index contributed by atoms with van der Waals surface area (Å²) in [6.07, 6.45) is 70.4. The molecule has 0 saturated heterocycles. The zero-order chi connectivity index (χ0) is 50.7. The van der Waals surface area contributed by atoms with Gasteiger partial charge in [-0.2, -0.15) is 0 Å². The monoisotopic (exact) mass is 985 g/mol. The first-order chi connectivity index (χ1) is 34.5. The molecule has 0 radical (unpaired) electrons. The number of rotatable bonds is 58. The van der Waals surface area contributed by atoms with Crippen LogP contribution in [0.15, 0.2) is 24.3 Å². The number of hydrogen-bond acceptors (Lipinski definition) is 6. The highest BCUT2D eigenvalue weighted by Crippen LogP contribution is 2.18. The van der Waals surface area contributed by atoms with Crippen molar-refractivity contribution in [2.24, 2.45) is 0 Å². The minimum absolute atomic E-state index is 0.0697. The maximum atomic E-state index is 12.9. The van der Waals surface area contributed by atoms with Crippen LogP contribution in [0.3, 0.4) is 0 Å². The van der Waals surface area contributed by atoms with Crippen LogP contribution >= 0.6 is 0 Å². The first kappa shape index (κ1) is 67.9. The standard InChI is InChI=1S/C64H120O6/c1-4-7-10-13-16-19-22-25-28-30-31-32-33-34-35-37-39-42-45-48-51-54-57-63(66)69-60-61(59-68-62(65)56-53-50-47-44-41-38-27-24-21-18-15-12-9-6-3)70-64(67)58-55-52-49-46-43-40-36-29-26-23-20-17-14-11-8-5-2/h15,18,24,27,61H,4-14,16-17,19-23,25-26,28-60H2,1-3H3/b18-15-,27-24-. The molecule has 0 aliphatic carbocycles. The molecule has 412 valence electrons. The molecule has 70 heavy (non-hydrogen) atoms. The quantitative estimate of drug-likeness (QED) is 0.0261. The van der Waals surface area contributed by atoms with Crippen LogP contribution in [0.2, 0.25) is 0 Å². The van der Waals surface area contributed by atoms with Crippen molar-refractivity contribution in [3.8, 4) is 0 Å². The fourth-order valence-electron chi connectivity index (χ4n) is 9.46. The van der Waals surface area contributed by atoms with E-state index in [9.17, 15) is 14.4 Å². The summed E-state index contributed by atoms with van der Waals surface area (Å²) in [6.45, 7) is 6.65. The second kappa shape index (κ2) is 59.5. The number of ether oxygens (including phenoxy) is 3. The van der Waals surface area contributed by atoms with Crippen molar-refractivity contribution < 1.29 is 28.6 Å². The average Bonchev–Trinajstić information content (AvgIpc) is 3.36. The summed E-state index contributed by atoms with van der Waals surface area (Å²) in [5.74, 6) is -0.858. The molecular weight excluding hydrogens is 865 g/mol. The van der Waals surface area contributed by atoms with Crippen LogP contribution in [0.5, 0.6) is 0 Å². The van der Waals surface area contributed by atoms with Gasteiger partial charge in [0.25, 0.3) is 0 Å². The van der Waals surface area contributed by atoms with Gasteiger partial charge in [-0.25, -0.2) is 0 Å². The number of carbonyl (C=O) groups is 3. The fraction of sp³-hybridized carbons (Fsp3) is 0.891. The lowest BCUT2D eigenvalue weighted by Crippen LogP contribution is -2.30. The molecule has 0 heterocycles. The summed E-state index contributed by atoms with van der Waals surface area (Å²) in [5.41, 5.74) is 0. The molecule has 6 heteroatoms. The Labute approximate surface area is 436 Å². The van der Waals surface area contributed by atoms with Gasteiger partial charge in [-0.15, -0.1) is 0 Å². The van der Waals surface area contributed by atoms with E-state index in [1.165, 1.54) is 231 Å². The molecule has 0 fully saturated rings. The highest BCUT2D eigenvalue weighted by atomic mass is 16.6. The highest BCUT2D eigenvalue weighted by Gasteiger charge is 2.19. The first-order valence-electron chi connectivity index (χ1n) is 31.3. The minimum Gasteiger partial charge on any atom is -0.462 e. The molecule has 6 nitrogen and oxygen atoms in total. The molecule has 0 aliphatic heterocycles. The lowest BCUT2D eigenvalue weighted by molar-refractivity contribution is -0.167. The smallest absolute Gasteiger partial charge is 0.306 e. The minimum atomic E-state index is -0.772. The van der Waals surface area contributed by atoms with Gasteiger partial charge < -0.3 is 14.2 Å².